The summed E-state index contributed by atoms with van der Waals surface area (Å²) in [6.45, 7) is 2.25. The number of rotatable bonds is 2. The minimum atomic E-state index is 0.210. The van der Waals surface area contributed by atoms with Crippen molar-refractivity contribution in [3.63, 3.8) is 0 Å². The van der Waals surface area contributed by atoms with Crippen molar-refractivity contribution in [1.82, 2.24) is 10.2 Å². The van der Waals surface area contributed by atoms with Crippen LogP contribution in [0.3, 0.4) is 0 Å². The van der Waals surface area contributed by atoms with E-state index >= 15 is 0 Å². The Labute approximate surface area is 91.1 Å². The van der Waals surface area contributed by atoms with Gasteiger partial charge in [0.1, 0.15) is 10.0 Å². The van der Waals surface area contributed by atoms with Crippen LogP contribution in [0.1, 0.15) is 29.8 Å². The molecule has 5 heteroatoms. The molecule has 72 valence electrons. The fourth-order valence-corrected chi connectivity index (χ4v) is 3.94. The van der Waals surface area contributed by atoms with Crippen molar-refractivity contribution < 1.29 is 0 Å². The van der Waals surface area contributed by atoms with Crippen molar-refractivity contribution in [3.05, 3.63) is 10.0 Å². The summed E-state index contributed by atoms with van der Waals surface area (Å²) in [4.78, 5) is 0. The summed E-state index contributed by atoms with van der Waals surface area (Å²) in [5, 5.41) is 10.3. The molecule has 1 aromatic heterocycles. The second-order valence-electron chi connectivity index (χ2n) is 3.32. The van der Waals surface area contributed by atoms with Gasteiger partial charge in [-0.2, -0.15) is 0 Å². The molecule has 1 aliphatic heterocycles. The van der Waals surface area contributed by atoms with Crippen LogP contribution in [0.2, 0.25) is 0 Å². The molecule has 0 bridgehead atoms. The predicted octanol–water partition coefficient (Wildman–Crippen LogP) is 3.02. The van der Waals surface area contributed by atoms with Gasteiger partial charge in [0, 0.05) is 0 Å². The average molecular weight is 235 g/mol. The van der Waals surface area contributed by atoms with Crippen LogP contribution in [0, 0.1) is 0 Å². The van der Waals surface area contributed by atoms with Crippen LogP contribution in [0.15, 0.2) is 0 Å². The van der Waals surface area contributed by atoms with E-state index in [9.17, 15) is 0 Å². The third kappa shape index (κ3) is 1.85. The van der Waals surface area contributed by atoms with Crippen molar-refractivity contribution in [2.75, 3.05) is 5.75 Å². The van der Waals surface area contributed by atoms with Gasteiger partial charge in [0.25, 0.3) is 0 Å². The van der Waals surface area contributed by atoms with Crippen molar-refractivity contribution >= 4 is 34.7 Å². The summed E-state index contributed by atoms with van der Waals surface area (Å²) in [7, 11) is 0. The lowest BCUT2D eigenvalue weighted by atomic mass is 10.1. The van der Waals surface area contributed by atoms with Gasteiger partial charge in [0.15, 0.2) is 0 Å². The first kappa shape index (κ1) is 9.74. The molecule has 2 heterocycles. The molecular weight excluding hydrogens is 224 g/mol. The standard InChI is InChI=1S/C8H11ClN2S2/c1-8(3-2-4-12-8)7-11-10-6(5-9)13-7/h2-5H2,1H3. The molecule has 0 saturated carbocycles. The number of alkyl halides is 1. The van der Waals surface area contributed by atoms with Gasteiger partial charge in [-0.1, -0.05) is 11.3 Å². The van der Waals surface area contributed by atoms with E-state index in [1.165, 1.54) is 18.6 Å². The lowest BCUT2D eigenvalue weighted by Gasteiger charge is -2.17. The second kappa shape index (κ2) is 3.75. The number of halogens is 1. The first-order valence-electron chi connectivity index (χ1n) is 4.27. The topological polar surface area (TPSA) is 25.8 Å². The van der Waals surface area contributed by atoms with E-state index in [4.69, 9.17) is 11.6 Å². The van der Waals surface area contributed by atoms with Crippen molar-refractivity contribution in [1.29, 1.82) is 0 Å². The van der Waals surface area contributed by atoms with Gasteiger partial charge >= 0.3 is 0 Å². The fourth-order valence-electron chi connectivity index (χ4n) is 1.47. The summed E-state index contributed by atoms with van der Waals surface area (Å²) in [5.74, 6) is 1.73. The first-order chi connectivity index (χ1) is 6.24. The minimum absolute atomic E-state index is 0.210. The maximum Gasteiger partial charge on any atom is 0.133 e. The molecule has 2 nitrogen and oxygen atoms in total. The summed E-state index contributed by atoms with van der Waals surface area (Å²) in [6.07, 6.45) is 2.51. The molecule has 1 unspecified atom stereocenters. The maximum absolute atomic E-state index is 5.69. The molecule has 1 saturated heterocycles. The molecule has 2 rings (SSSR count). The molecular formula is C8H11ClN2S2. The Morgan fingerprint density at radius 1 is 1.54 bits per heavy atom. The van der Waals surface area contributed by atoms with Crippen LogP contribution >= 0.6 is 34.7 Å². The van der Waals surface area contributed by atoms with Crippen molar-refractivity contribution in [2.24, 2.45) is 0 Å². The zero-order chi connectivity index (χ0) is 9.31. The maximum atomic E-state index is 5.69. The lowest BCUT2D eigenvalue weighted by Crippen LogP contribution is -2.11. The van der Waals surface area contributed by atoms with E-state index in [0.717, 1.165) is 10.0 Å². The van der Waals surface area contributed by atoms with Gasteiger partial charge < -0.3 is 0 Å². The van der Waals surface area contributed by atoms with E-state index in [-0.39, 0.29) is 4.75 Å². The molecule has 1 aromatic rings. The Bertz CT molecular complexity index is 294. The molecule has 1 aliphatic rings. The van der Waals surface area contributed by atoms with Crippen LogP contribution in [0.5, 0.6) is 0 Å². The van der Waals surface area contributed by atoms with Gasteiger partial charge in [-0.3, -0.25) is 0 Å². The lowest BCUT2D eigenvalue weighted by molar-refractivity contribution is 0.634. The molecule has 0 aromatic carbocycles. The predicted molar refractivity (Wildman–Crippen MR) is 58.5 cm³/mol. The summed E-state index contributed by atoms with van der Waals surface area (Å²) < 4.78 is 0.210. The van der Waals surface area contributed by atoms with Crippen LogP contribution < -0.4 is 0 Å². The quantitative estimate of drug-likeness (QED) is 0.736. The highest BCUT2D eigenvalue weighted by molar-refractivity contribution is 8.00. The first-order valence-corrected chi connectivity index (χ1v) is 6.61. The van der Waals surface area contributed by atoms with Gasteiger partial charge in [-0.25, -0.2) is 0 Å². The highest BCUT2D eigenvalue weighted by Crippen LogP contribution is 2.46. The Kier molecular flexibility index (Phi) is 2.81. The number of thioether (sulfide) groups is 1. The summed E-state index contributed by atoms with van der Waals surface area (Å²) >= 11 is 9.33. The Morgan fingerprint density at radius 2 is 2.38 bits per heavy atom. The van der Waals surface area contributed by atoms with Gasteiger partial charge in [-0.05, 0) is 25.5 Å². The number of nitrogens with zero attached hydrogens (tertiary/aromatic N) is 2. The van der Waals surface area contributed by atoms with Gasteiger partial charge in [-0.15, -0.1) is 33.6 Å². The molecule has 0 aliphatic carbocycles. The summed E-state index contributed by atoms with van der Waals surface area (Å²) in [5.41, 5.74) is 0. The second-order valence-corrected chi connectivity index (χ2v) is 6.24. The SMILES string of the molecule is CC1(c2nnc(CCl)s2)CCCS1. The Hall–Kier alpha value is 0.200. The normalized spacial score (nSPS) is 28.2. The highest BCUT2D eigenvalue weighted by atomic mass is 35.5. The number of aromatic nitrogens is 2. The van der Waals surface area contributed by atoms with E-state index in [2.05, 4.69) is 17.1 Å². The van der Waals surface area contributed by atoms with Gasteiger partial charge in [0.05, 0.1) is 10.6 Å². The third-order valence-corrected chi connectivity index (χ3v) is 5.51. The molecule has 13 heavy (non-hydrogen) atoms. The number of hydrogen-bond donors (Lipinski definition) is 0. The molecule has 0 N–H and O–H groups in total. The van der Waals surface area contributed by atoms with Crippen molar-refractivity contribution in [2.45, 2.75) is 30.4 Å². The smallest absolute Gasteiger partial charge is 0.133 e. The van der Waals surface area contributed by atoms with Crippen LogP contribution in [0.25, 0.3) is 0 Å². The number of hydrogen-bond acceptors (Lipinski definition) is 4. The van der Waals surface area contributed by atoms with E-state index in [1.54, 1.807) is 11.3 Å². The zero-order valence-corrected chi connectivity index (χ0v) is 9.81. The molecule has 0 amide bonds. The van der Waals surface area contributed by atoms with E-state index in [1.807, 2.05) is 11.8 Å². The third-order valence-electron chi connectivity index (χ3n) is 2.25. The molecule has 1 fully saturated rings. The molecule has 1 atom stereocenters. The molecule has 0 spiro atoms. The Morgan fingerprint density at radius 3 is 2.92 bits per heavy atom. The van der Waals surface area contributed by atoms with E-state index < -0.39 is 0 Å². The molecule has 0 radical (unpaired) electrons. The highest BCUT2D eigenvalue weighted by Gasteiger charge is 2.34. The van der Waals surface area contributed by atoms with Crippen molar-refractivity contribution in [3.8, 4) is 0 Å². The van der Waals surface area contributed by atoms with Crippen LogP contribution in [-0.4, -0.2) is 16.0 Å². The van der Waals surface area contributed by atoms with Crippen LogP contribution in [0.4, 0.5) is 0 Å². The zero-order valence-electron chi connectivity index (χ0n) is 7.42. The average Bonchev–Trinajstić information content (AvgIpc) is 2.72. The van der Waals surface area contributed by atoms with Gasteiger partial charge in [0.2, 0.25) is 0 Å². The Balaban J connectivity index is 2.23. The minimum Gasteiger partial charge on any atom is -0.148 e. The summed E-state index contributed by atoms with van der Waals surface area (Å²) in [6, 6.07) is 0. The van der Waals surface area contributed by atoms with Crippen LogP contribution in [-0.2, 0) is 10.6 Å². The monoisotopic (exact) mass is 234 g/mol. The fraction of sp³-hybridized carbons (Fsp3) is 0.750. The van der Waals surface area contributed by atoms with E-state index in [0.29, 0.717) is 5.88 Å². The largest absolute Gasteiger partial charge is 0.148 e.